The van der Waals surface area contributed by atoms with Crippen molar-refractivity contribution in [1.82, 2.24) is 4.90 Å². The Morgan fingerprint density at radius 2 is 1.95 bits per heavy atom. The summed E-state index contributed by atoms with van der Waals surface area (Å²) in [5.74, 6) is 0.878. The summed E-state index contributed by atoms with van der Waals surface area (Å²) < 4.78 is 5.47. The Hall–Kier alpha value is -1.26. The van der Waals surface area contributed by atoms with Gasteiger partial charge in [0.2, 0.25) is 0 Å². The summed E-state index contributed by atoms with van der Waals surface area (Å²) >= 11 is 0. The predicted molar refractivity (Wildman–Crippen MR) is 86.7 cm³/mol. The second-order valence-electron chi connectivity index (χ2n) is 5.42. The lowest BCUT2D eigenvalue weighted by Gasteiger charge is -2.28. The van der Waals surface area contributed by atoms with E-state index >= 15 is 0 Å². The number of ether oxygens (including phenoxy) is 1. The fourth-order valence-corrected chi connectivity index (χ4v) is 2.47. The van der Waals surface area contributed by atoms with Crippen LogP contribution in [0.4, 0.5) is 5.69 Å². The number of hydrogen-bond donors (Lipinski definition) is 1. The summed E-state index contributed by atoms with van der Waals surface area (Å²) in [4.78, 5) is 4.59. The van der Waals surface area contributed by atoms with Crippen LogP contribution in [0, 0.1) is 0 Å². The molecular formula is C16H29N3O. The first kappa shape index (κ1) is 16.8. The predicted octanol–water partition coefficient (Wildman–Crippen LogP) is 2.49. The molecule has 0 aliphatic heterocycles. The van der Waals surface area contributed by atoms with E-state index in [9.17, 15) is 0 Å². The van der Waals surface area contributed by atoms with Gasteiger partial charge in [0.05, 0.1) is 7.11 Å². The first-order valence-electron chi connectivity index (χ1n) is 7.33. The molecule has 0 radical (unpaired) electrons. The van der Waals surface area contributed by atoms with Crippen LogP contribution in [0.25, 0.3) is 0 Å². The standard InChI is InChI=1S/C16H29N3O/c1-6-19(12-8-11-18(3)4)14-9-7-10-15(20-5)16(14)13(2)17/h7,9-10,13H,6,8,11-12,17H2,1-5H3/t13-/m1/s1. The Morgan fingerprint density at radius 1 is 1.25 bits per heavy atom. The van der Waals surface area contributed by atoms with E-state index in [2.05, 4.69) is 36.9 Å². The quantitative estimate of drug-likeness (QED) is 0.794. The molecule has 0 aliphatic carbocycles. The van der Waals surface area contributed by atoms with Crippen molar-refractivity contribution in [3.63, 3.8) is 0 Å². The minimum atomic E-state index is -0.0379. The Balaban J connectivity index is 2.96. The van der Waals surface area contributed by atoms with Gasteiger partial charge in [0.1, 0.15) is 5.75 Å². The second kappa shape index (κ2) is 8.12. The van der Waals surface area contributed by atoms with Gasteiger partial charge in [-0.25, -0.2) is 0 Å². The number of benzene rings is 1. The summed E-state index contributed by atoms with van der Waals surface area (Å²) in [6.07, 6.45) is 1.14. The second-order valence-corrected chi connectivity index (χ2v) is 5.42. The molecule has 114 valence electrons. The van der Waals surface area contributed by atoms with Gasteiger partial charge in [-0.3, -0.25) is 0 Å². The zero-order valence-corrected chi connectivity index (χ0v) is 13.5. The minimum absolute atomic E-state index is 0.0379. The van der Waals surface area contributed by atoms with Gasteiger partial charge in [-0.05, 0) is 53.0 Å². The molecular weight excluding hydrogens is 250 g/mol. The maximum atomic E-state index is 6.15. The summed E-state index contributed by atoms with van der Waals surface area (Å²) in [6, 6.07) is 6.12. The third-order valence-electron chi connectivity index (χ3n) is 3.47. The topological polar surface area (TPSA) is 41.7 Å². The van der Waals surface area contributed by atoms with Crippen molar-refractivity contribution in [2.24, 2.45) is 5.73 Å². The smallest absolute Gasteiger partial charge is 0.125 e. The van der Waals surface area contributed by atoms with Gasteiger partial charge >= 0.3 is 0 Å². The molecule has 0 heterocycles. The number of nitrogens with zero attached hydrogens (tertiary/aromatic N) is 2. The molecule has 4 nitrogen and oxygen atoms in total. The van der Waals surface area contributed by atoms with Crippen LogP contribution in [-0.4, -0.2) is 45.7 Å². The highest BCUT2D eigenvalue weighted by atomic mass is 16.5. The molecule has 0 amide bonds. The lowest BCUT2D eigenvalue weighted by molar-refractivity contribution is 0.399. The average Bonchev–Trinajstić information content (AvgIpc) is 2.42. The summed E-state index contributed by atoms with van der Waals surface area (Å²) in [6.45, 7) is 7.28. The van der Waals surface area contributed by atoms with Crippen molar-refractivity contribution in [2.75, 3.05) is 45.7 Å². The van der Waals surface area contributed by atoms with Gasteiger partial charge < -0.3 is 20.3 Å². The van der Waals surface area contributed by atoms with E-state index in [0.29, 0.717) is 0 Å². The maximum Gasteiger partial charge on any atom is 0.125 e. The molecule has 0 spiro atoms. The Kier molecular flexibility index (Phi) is 6.82. The Bertz CT molecular complexity index is 405. The highest BCUT2D eigenvalue weighted by Gasteiger charge is 2.17. The Labute approximate surface area is 123 Å². The van der Waals surface area contributed by atoms with Crippen LogP contribution >= 0.6 is 0 Å². The summed E-state index contributed by atoms with van der Waals surface area (Å²) in [7, 11) is 5.91. The van der Waals surface area contributed by atoms with E-state index < -0.39 is 0 Å². The molecule has 2 N–H and O–H groups in total. The SMILES string of the molecule is CCN(CCCN(C)C)c1cccc(OC)c1[C@@H](C)N. The van der Waals surface area contributed by atoms with Gasteiger partial charge in [0, 0.05) is 30.4 Å². The van der Waals surface area contributed by atoms with E-state index in [1.807, 2.05) is 19.1 Å². The monoisotopic (exact) mass is 279 g/mol. The molecule has 0 fully saturated rings. The van der Waals surface area contributed by atoms with Gasteiger partial charge in [0.25, 0.3) is 0 Å². The number of hydrogen-bond acceptors (Lipinski definition) is 4. The van der Waals surface area contributed by atoms with Crippen molar-refractivity contribution in [3.05, 3.63) is 23.8 Å². The zero-order chi connectivity index (χ0) is 15.1. The van der Waals surface area contributed by atoms with Crippen LogP contribution in [0.15, 0.2) is 18.2 Å². The van der Waals surface area contributed by atoms with Crippen molar-refractivity contribution in [2.45, 2.75) is 26.3 Å². The van der Waals surface area contributed by atoms with E-state index in [1.165, 1.54) is 5.69 Å². The van der Waals surface area contributed by atoms with E-state index in [1.54, 1.807) is 7.11 Å². The number of methoxy groups -OCH3 is 1. The van der Waals surface area contributed by atoms with Gasteiger partial charge in [-0.1, -0.05) is 6.07 Å². The molecule has 1 aromatic carbocycles. The molecule has 4 heteroatoms. The van der Waals surface area contributed by atoms with E-state index in [0.717, 1.165) is 37.4 Å². The molecule has 20 heavy (non-hydrogen) atoms. The zero-order valence-electron chi connectivity index (χ0n) is 13.5. The van der Waals surface area contributed by atoms with Crippen molar-refractivity contribution < 1.29 is 4.74 Å². The highest BCUT2D eigenvalue weighted by Crippen LogP contribution is 2.33. The first-order valence-corrected chi connectivity index (χ1v) is 7.33. The van der Waals surface area contributed by atoms with Crippen molar-refractivity contribution >= 4 is 5.69 Å². The van der Waals surface area contributed by atoms with Gasteiger partial charge in [-0.2, -0.15) is 0 Å². The minimum Gasteiger partial charge on any atom is -0.496 e. The molecule has 0 unspecified atom stereocenters. The lowest BCUT2D eigenvalue weighted by Crippen LogP contribution is -2.28. The first-order chi connectivity index (χ1) is 9.51. The normalized spacial score (nSPS) is 12.6. The fraction of sp³-hybridized carbons (Fsp3) is 0.625. The van der Waals surface area contributed by atoms with Crippen LogP contribution in [0.1, 0.15) is 31.9 Å². The molecule has 1 rings (SSSR count). The maximum absolute atomic E-state index is 6.15. The van der Waals surface area contributed by atoms with Crippen molar-refractivity contribution in [3.8, 4) is 5.75 Å². The van der Waals surface area contributed by atoms with Crippen LogP contribution in [-0.2, 0) is 0 Å². The molecule has 1 atom stereocenters. The molecule has 0 bridgehead atoms. The van der Waals surface area contributed by atoms with Crippen LogP contribution < -0.4 is 15.4 Å². The van der Waals surface area contributed by atoms with Crippen LogP contribution in [0.3, 0.4) is 0 Å². The lowest BCUT2D eigenvalue weighted by atomic mass is 10.0. The molecule has 0 aromatic heterocycles. The largest absolute Gasteiger partial charge is 0.496 e. The van der Waals surface area contributed by atoms with Crippen LogP contribution in [0.2, 0.25) is 0 Å². The fourth-order valence-electron chi connectivity index (χ4n) is 2.47. The Morgan fingerprint density at radius 3 is 2.45 bits per heavy atom. The molecule has 0 saturated heterocycles. The summed E-state index contributed by atoms with van der Waals surface area (Å²) in [5.41, 5.74) is 8.44. The average molecular weight is 279 g/mol. The number of anilines is 1. The van der Waals surface area contributed by atoms with Crippen LogP contribution in [0.5, 0.6) is 5.75 Å². The third kappa shape index (κ3) is 4.39. The molecule has 1 aromatic rings. The van der Waals surface area contributed by atoms with Gasteiger partial charge in [-0.15, -0.1) is 0 Å². The number of nitrogens with two attached hydrogens (primary N) is 1. The highest BCUT2D eigenvalue weighted by molar-refractivity contribution is 5.60. The summed E-state index contributed by atoms with van der Waals surface area (Å²) in [5, 5.41) is 0. The number of rotatable bonds is 8. The molecule has 0 aliphatic rings. The van der Waals surface area contributed by atoms with Gasteiger partial charge in [0.15, 0.2) is 0 Å². The third-order valence-corrected chi connectivity index (χ3v) is 3.47. The van der Waals surface area contributed by atoms with E-state index in [4.69, 9.17) is 10.5 Å². The molecule has 0 saturated carbocycles. The van der Waals surface area contributed by atoms with E-state index in [-0.39, 0.29) is 6.04 Å². The van der Waals surface area contributed by atoms with Crippen molar-refractivity contribution in [1.29, 1.82) is 0 Å².